The minimum atomic E-state index is -0.132. The Morgan fingerprint density at radius 3 is 2.85 bits per heavy atom. The molecule has 1 aliphatic heterocycles. The Morgan fingerprint density at radius 1 is 1.22 bits per heavy atom. The monoisotopic (exact) mass is 399 g/mol. The molecule has 0 saturated carbocycles. The molecule has 7 heteroatoms. The van der Waals surface area contributed by atoms with Crippen LogP contribution in [0.1, 0.15) is 17.7 Å². The quantitative estimate of drug-likeness (QED) is 0.628. The highest BCUT2D eigenvalue weighted by Gasteiger charge is 2.23. The topological polar surface area (TPSA) is 54.5 Å². The predicted octanol–water partition coefficient (Wildman–Crippen LogP) is 5.08. The molecule has 1 atom stereocenters. The molecule has 3 heterocycles. The van der Waals surface area contributed by atoms with Gasteiger partial charge in [-0.3, -0.25) is 5.32 Å². The third-order valence-electron chi connectivity index (χ3n) is 4.45. The van der Waals surface area contributed by atoms with Gasteiger partial charge in [-0.1, -0.05) is 36.4 Å². The summed E-state index contributed by atoms with van der Waals surface area (Å²) in [6.07, 6.45) is 2.18. The fourth-order valence-corrected chi connectivity index (χ4v) is 4.52. The van der Waals surface area contributed by atoms with Crippen LogP contribution in [0.5, 0.6) is 0 Å². The molecule has 140 valence electrons. The molecule has 2 aromatic heterocycles. The number of nitrogens with one attached hydrogen (secondary N) is 1. The molecule has 0 radical (unpaired) electrons. The van der Waals surface area contributed by atoms with Crippen LogP contribution in [0.15, 0.2) is 53.2 Å². The van der Waals surface area contributed by atoms with E-state index in [-0.39, 0.29) is 12.1 Å². The molecule has 0 bridgehead atoms. The molecule has 3 aromatic rings. The molecule has 0 aliphatic carbocycles. The molecule has 1 aliphatic rings. The van der Waals surface area contributed by atoms with Gasteiger partial charge in [0.15, 0.2) is 5.13 Å². The van der Waals surface area contributed by atoms with Crippen LogP contribution in [0.2, 0.25) is 0 Å². The van der Waals surface area contributed by atoms with Crippen LogP contribution < -0.4 is 5.32 Å². The number of carbonyl (C=O) groups is 1. The summed E-state index contributed by atoms with van der Waals surface area (Å²) >= 11 is 3.10. The van der Waals surface area contributed by atoms with Gasteiger partial charge in [0.2, 0.25) is 0 Å². The summed E-state index contributed by atoms with van der Waals surface area (Å²) in [7, 11) is 0. The minimum absolute atomic E-state index is 0.117. The number of benzene rings is 1. The maximum Gasteiger partial charge on any atom is 0.324 e. The first-order valence-electron chi connectivity index (χ1n) is 8.99. The van der Waals surface area contributed by atoms with Crippen molar-refractivity contribution in [3.63, 3.8) is 0 Å². The van der Waals surface area contributed by atoms with E-state index >= 15 is 0 Å². The Bertz CT molecular complexity index is 859. The Hall–Kier alpha value is -2.22. The van der Waals surface area contributed by atoms with Crippen molar-refractivity contribution in [2.75, 3.05) is 18.5 Å². The van der Waals surface area contributed by atoms with E-state index in [1.54, 1.807) is 11.3 Å². The normalized spacial score (nSPS) is 16.4. The fourth-order valence-electron chi connectivity index (χ4n) is 3.09. The van der Waals surface area contributed by atoms with E-state index in [0.29, 0.717) is 18.2 Å². The molecular formula is C20H21N3O2S2. The highest BCUT2D eigenvalue weighted by Crippen LogP contribution is 2.25. The van der Waals surface area contributed by atoms with Gasteiger partial charge in [-0.15, -0.1) is 22.7 Å². The summed E-state index contributed by atoms with van der Waals surface area (Å²) < 4.78 is 5.73. The van der Waals surface area contributed by atoms with E-state index in [4.69, 9.17) is 4.74 Å². The zero-order chi connectivity index (χ0) is 18.5. The van der Waals surface area contributed by atoms with Crippen molar-refractivity contribution in [3.8, 4) is 11.3 Å². The van der Waals surface area contributed by atoms with E-state index < -0.39 is 0 Å². The highest BCUT2D eigenvalue weighted by atomic mass is 32.1. The number of thiophene rings is 1. The van der Waals surface area contributed by atoms with Crippen molar-refractivity contribution >= 4 is 33.8 Å². The lowest BCUT2D eigenvalue weighted by atomic mass is 10.2. The van der Waals surface area contributed by atoms with Crippen LogP contribution in [0.3, 0.4) is 0 Å². The van der Waals surface area contributed by atoms with E-state index in [1.807, 2.05) is 52.1 Å². The van der Waals surface area contributed by atoms with Crippen LogP contribution in [-0.4, -0.2) is 35.2 Å². The summed E-state index contributed by atoms with van der Waals surface area (Å²) in [6, 6.07) is 13.9. The summed E-state index contributed by atoms with van der Waals surface area (Å²) in [5.41, 5.74) is 1.92. The first-order valence-corrected chi connectivity index (χ1v) is 10.7. The number of ether oxygens (including phenoxy) is 1. The van der Waals surface area contributed by atoms with E-state index in [1.165, 1.54) is 11.3 Å². The SMILES string of the molecule is O=C(Nc1nc(-c2ccccc2)cs1)N(Cc1cccs1)CC1CCCO1. The first-order chi connectivity index (χ1) is 13.3. The summed E-state index contributed by atoms with van der Waals surface area (Å²) in [6.45, 7) is 1.97. The number of carbonyl (C=O) groups excluding carboxylic acids is 1. The molecule has 1 N–H and O–H groups in total. The molecule has 1 unspecified atom stereocenters. The third kappa shape index (κ3) is 4.74. The Labute approximate surface area is 166 Å². The van der Waals surface area contributed by atoms with E-state index in [9.17, 15) is 4.79 Å². The zero-order valence-electron chi connectivity index (χ0n) is 14.8. The lowest BCUT2D eigenvalue weighted by Gasteiger charge is -2.24. The molecule has 27 heavy (non-hydrogen) atoms. The smallest absolute Gasteiger partial charge is 0.324 e. The number of nitrogens with zero attached hydrogens (tertiary/aromatic N) is 2. The molecule has 1 fully saturated rings. The average Bonchev–Trinajstić information content (AvgIpc) is 3.45. The number of hydrogen-bond donors (Lipinski definition) is 1. The number of rotatable bonds is 6. The minimum Gasteiger partial charge on any atom is -0.376 e. The van der Waals surface area contributed by atoms with Gasteiger partial charge in [0.05, 0.1) is 18.3 Å². The summed E-state index contributed by atoms with van der Waals surface area (Å²) in [4.78, 5) is 20.5. The van der Waals surface area contributed by atoms with Crippen LogP contribution in [0.4, 0.5) is 9.93 Å². The second-order valence-electron chi connectivity index (χ2n) is 6.43. The Kier molecular flexibility index (Phi) is 5.81. The third-order valence-corrected chi connectivity index (χ3v) is 6.07. The van der Waals surface area contributed by atoms with Crippen LogP contribution in [0, 0.1) is 0 Å². The molecule has 5 nitrogen and oxygen atoms in total. The van der Waals surface area contributed by atoms with Gasteiger partial charge in [-0.25, -0.2) is 9.78 Å². The van der Waals surface area contributed by atoms with Crippen LogP contribution in [0.25, 0.3) is 11.3 Å². The standard InChI is InChI=1S/C20H21N3O2S2/c24-20(22-19-21-18(14-27-19)15-6-2-1-3-7-15)23(12-16-8-4-10-25-16)13-17-9-5-11-26-17/h1-3,5-7,9,11,14,16H,4,8,10,12-13H2,(H,21,22,24). The maximum atomic E-state index is 12.9. The summed E-state index contributed by atoms with van der Waals surface area (Å²) in [5, 5.41) is 7.57. The van der Waals surface area contributed by atoms with Crippen molar-refractivity contribution in [2.45, 2.75) is 25.5 Å². The van der Waals surface area contributed by atoms with Crippen molar-refractivity contribution in [1.82, 2.24) is 9.88 Å². The number of amides is 2. The largest absolute Gasteiger partial charge is 0.376 e. The number of anilines is 1. The molecule has 0 spiro atoms. The average molecular weight is 400 g/mol. The van der Waals surface area contributed by atoms with Crippen molar-refractivity contribution in [1.29, 1.82) is 0 Å². The molecule has 4 rings (SSSR count). The second-order valence-corrected chi connectivity index (χ2v) is 8.32. The lowest BCUT2D eigenvalue weighted by molar-refractivity contribution is 0.0821. The zero-order valence-corrected chi connectivity index (χ0v) is 16.5. The number of thiazole rings is 1. The first kappa shape index (κ1) is 18.2. The van der Waals surface area contributed by atoms with Crippen molar-refractivity contribution < 1.29 is 9.53 Å². The number of aromatic nitrogens is 1. The van der Waals surface area contributed by atoms with E-state index in [0.717, 1.165) is 35.6 Å². The summed E-state index contributed by atoms with van der Waals surface area (Å²) in [5.74, 6) is 0. The van der Waals surface area contributed by atoms with Gasteiger partial charge in [0.25, 0.3) is 0 Å². The Balaban J connectivity index is 1.45. The lowest BCUT2D eigenvalue weighted by Crippen LogP contribution is -2.39. The van der Waals surface area contributed by atoms with Crippen molar-refractivity contribution in [3.05, 3.63) is 58.1 Å². The van der Waals surface area contributed by atoms with Gasteiger partial charge < -0.3 is 9.64 Å². The van der Waals surface area contributed by atoms with Gasteiger partial charge in [-0.2, -0.15) is 0 Å². The van der Waals surface area contributed by atoms with Gasteiger partial charge in [0.1, 0.15) is 0 Å². The van der Waals surface area contributed by atoms with Gasteiger partial charge in [-0.05, 0) is 24.3 Å². The van der Waals surface area contributed by atoms with Gasteiger partial charge >= 0.3 is 6.03 Å². The van der Waals surface area contributed by atoms with Crippen LogP contribution >= 0.6 is 22.7 Å². The maximum absolute atomic E-state index is 12.9. The van der Waals surface area contributed by atoms with E-state index in [2.05, 4.69) is 16.4 Å². The second kappa shape index (κ2) is 8.65. The molecule has 1 saturated heterocycles. The number of hydrogen-bond acceptors (Lipinski definition) is 5. The molecular weight excluding hydrogens is 378 g/mol. The number of urea groups is 1. The van der Waals surface area contributed by atoms with Crippen molar-refractivity contribution in [2.24, 2.45) is 0 Å². The van der Waals surface area contributed by atoms with Gasteiger partial charge in [0, 0.05) is 29.0 Å². The molecule has 1 aromatic carbocycles. The Morgan fingerprint density at radius 2 is 2.11 bits per heavy atom. The fraction of sp³-hybridized carbons (Fsp3) is 0.300. The predicted molar refractivity (Wildman–Crippen MR) is 110 cm³/mol. The highest BCUT2D eigenvalue weighted by molar-refractivity contribution is 7.14. The molecule has 2 amide bonds. The van der Waals surface area contributed by atoms with Crippen LogP contribution in [-0.2, 0) is 11.3 Å².